The van der Waals surface area contributed by atoms with Crippen molar-refractivity contribution >= 4 is 5.69 Å². The first-order chi connectivity index (χ1) is 13.9. The minimum atomic E-state index is -0.424. The van der Waals surface area contributed by atoms with Crippen molar-refractivity contribution in [3.05, 3.63) is 81.4 Å². The molecule has 1 aliphatic heterocycles. The molecule has 0 aliphatic carbocycles. The van der Waals surface area contributed by atoms with Gasteiger partial charge in [0.05, 0.1) is 10.5 Å². The lowest BCUT2D eigenvalue weighted by Gasteiger charge is -2.35. The van der Waals surface area contributed by atoms with Crippen molar-refractivity contribution < 1.29 is 10.0 Å². The Balaban J connectivity index is 1.62. The van der Waals surface area contributed by atoms with E-state index in [1.54, 1.807) is 19.1 Å². The number of aryl methyl sites for hydroxylation is 1. The average Bonchev–Trinajstić information content (AvgIpc) is 2.71. The van der Waals surface area contributed by atoms with Crippen LogP contribution in [0, 0.1) is 29.9 Å². The zero-order valence-corrected chi connectivity index (χ0v) is 17.3. The summed E-state index contributed by atoms with van der Waals surface area (Å²) >= 11 is 0. The van der Waals surface area contributed by atoms with E-state index in [1.165, 1.54) is 11.1 Å². The number of hydrogen-bond acceptors (Lipinski definition) is 4. The Morgan fingerprint density at radius 1 is 1.24 bits per heavy atom. The minimum Gasteiger partial charge on any atom is -0.507 e. The molecule has 29 heavy (non-hydrogen) atoms. The Hall–Kier alpha value is -2.66. The van der Waals surface area contributed by atoms with Gasteiger partial charge in [0.25, 0.3) is 5.69 Å². The number of rotatable bonds is 7. The third kappa shape index (κ3) is 5.04. The van der Waals surface area contributed by atoms with Gasteiger partial charge < -0.3 is 10.0 Å². The fraction of sp³-hybridized carbons (Fsp3) is 0.417. The number of phenols is 1. The fourth-order valence-electron chi connectivity index (χ4n) is 4.27. The van der Waals surface area contributed by atoms with Crippen LogP contribution in [0.5, 0.6) is 5.75 Å². The van der Waals surface area contributed by atoms with Gasteiger partial charge >= 0.3 is 0 Å². The van der Waals surface area contributed by atoms with Crippen molar-refractivity contribution in [1.82, 2.24) is 4.90 Å². The molecule has 0 aromatic heterocycles. The summed E-state index contributed by atoms with van der Waals surface area (Å²) in [5.41, 5.74) is 3.72. The molecule has 1 atom stereocenters. The molecule has 154 valence electrons. The molecular weight excluding hydrogens is 364 g/mol. The summed E-state index contributed by atoms with van der Waals surface area (Å²) in [6.45, 7) is 10.7. The van der Waals surface area contributed by atoms with Crippen LogP contribution in [0.25, 0.3) is 0 Å². The Morgan fingerprint density at radius 3 is 2.48 bits per heavy atom. The molecule has 5 heteroatoms. The highest BCUT2D eigenvalue weighted by Gasteiger charge is 2.28. The predicted molar refractivity (Wildman–Crippen MR) is 116 cm³/mol. The molecule has 1 aliphatic rings. The molecule has 1 heterocycles. The van der Waals surface area contributed by atoms with E-state index in [9.17, 15) is 15.2 Å². The molecule has 1 saturated heterocycles. The molecule has 0 saturated carbocycles. The van der Waals surface area contributed by atoms with E-state index in [0.29, 0.717) is 11.5 Å². The predicted octanol–water partition coefficient (Wildman–Crippen LogP) is 5.14. The van der Waals surface area contributed by atoms with E-state index in [-0.39, 0.29) is 17.4 Å². The number of piperidine rings is 1. The molecular formula is C24H30N2O3. The van der Waals surface area contributed by atoms with Crippen molar-refractivity contribution in [1.29, 1.82) is 0 Å². The van der Waals surface area contributed by atoms with Gasteiger partial charge in [-0.3, -0.25) is 10.1 Å². The van der Waals surface area contributed by atoms with Crippen molar-refractivity contribution in [2.75, 3.05) is 19.6 Å². The van der Waals surface area contributed by atoms with E-state index in [4.69, 9.17) is 0 Å². The summed E-state index contributed by atoms with van der Waals surface area (Å²) < 4.78 is 0. The number of nitro groups is 1. The molecule has 0 amide bonds. The number of benzene rings is 2. The Labute approximate surface area is 172 Å². The first-order valence-corrected chi connectivity index (χ1v) is 10.3. The van der Waals surface area contributed by atoms with Crippen molar-refractivity contribution in [3.8, 4) is 5.75 Å². The Kier molecular flexibility index (Phi) is 6.70. The zero-order chi connectivity index (χ0) is 21.0. The van der Waals surface area contributed by atoms with Crippen LogP contribution in [-0.2, 0) is 6.42 Å². The van der Waals surface area contributed by atoms with Gasteiger partial charge in [0, 0.05) is 18.5 Å². The van der Waals surface area contributed by atoms with E-state index >= 15 is 0 Å². The van der Waals surface area contributed by atoms with E-state index < -0.39 is 4.92 Å². The molecule has 5 nitrogen and oxygen atoms in total. The smallest absolute Gasteiger partial charge is 0.276 e. The lowest BCUT2D eigenvalue weighted by atomic mass is 9.79. The summed E-state index contributed by atoms with van der Waals surface area (Å²) in [5.74, 6) is 0.376. The largest absolute Gasteiger partial charge is 0.507 e. The van der Waals surface area contributed by atoms with Gasteiger partial charge in [-0.25, -0.2) is 0 Å². The summed E-state index contributed by atoms with van der Waals surface area (Å²) in [7, 11) is 0. The van der Waals surface area contributed by atoms with Crippen LogP contribution in [0.4, 0.5) is 5.69 Å². The normalized spacial score (nSPS) is 16.5. The summed E-state index contributed by atoms with van der Waals surface area (Å²) in [6.07, 6.45) is 4.97. The second-order valence-electron chi connectivity index (χ2n) is 8.12. The van der Waals surface area contributed by atoms with Crippen molar-refractivity contribution in [2.45, 2.75) is 39.0 Å². The van der Waals surface area contributed by atoms with Gasteiger partial charge in [-0.1, -0.05) is 35.9 Å². The van der Waals surface area contributed by atoms with Gasteiger partial charge in [0.1, 0.15) is 5.75 Å². The van der Waals surface area contributed by atoms with Crippen LogP contribution in [0.2, 0.25) is 0 Å². The van der Waals surface area contributed by atoms with Crippen LogP contribution in [-0.4, -0.2) is 34.6 Å². The number of nitrogens with zero attached hydrogens (tertiary/aromatic N) is 2. The summed E-state index contributed by atoms with van der Waals surface area (Å²) in [5, 5.41) is 21.5. The highest BCUT2D eigenvalue weighted by Crippen LogP contribution is 2.38. The number of allylic oxidation sites excluding steroid dienone is 1. The molecule has 1 fully saturated rings. The van der Waals surface area contributed by atoms with Crippen LogP contribution in [0.1, 0.15) is 41.0 Å². The molecule has 1 N–H and O–H groups in total. The van der Waals surface area contributed by atoms with Crippen LogP contribution >= 0.6 is 0 Å². The van der Waals surface area contributed by atoms with Crippen LogP contribution in [0.3, 0.4) is 0 Å². The SMILES string of the molecule is C=CC(c1cc(O)c(C)c([N+](=O)[O-])c1)C1CCN(CCc2ccc(C)cc2)CC1. The van der Waals surface area contributed by atoms with Gasteiger partial charge in [-0.2, -0.15) is 0 Å². The molecule has 1 unspecified atom stereocenters. The third-order valence-corrected chi connectivity index (χ3v) is 6.19. The van der Waals surface area contributed by atoms with E-state index in [2.05, 4.69) is 42.7 Å². The van der Waals surface area contributed by atoms with Gasteiger partial charge in [-0.15, -0.1) is 6.58 Å². The molecule has 2 aromatic rings. The lowest BCUT2D eigenvalue weighted by Crippen LogP contribution is -2.36. The number of phenolic OH excluding ortho intramolecular Hbond substituents is 1. The van der Waals surface area contributed by atoms with Gasteiger partial charge in [-0.05, 0) is 69.3 Å². The second-order valence-corrected chi connectivity index (χ2v) is 8.12. The standard InChI is InChI=1S/C24H30N2O3/c1-4-22(21-15-23(26(28)29)18(3)24(27)16-21)20-10-13-25(14-11-20)12-9-19-7-5-17(2)6-8-19/h4-8,15-16,20,22,27H,1,9-14H2,2-3H3. The van der Waals surface area contributed by atoms with Gasteiger partial charge in [0.15, 0.2) is 0 Å². The highest BCUT2D eigenvalue weighted by molar-refractivity contribution is 5.52. The number of hydrogen-bond donors (Lipinski definition) is 1. The van der Waals surface area contributed by atoms with Crippen molar-refractivity contribution in [2.24, 2.45) is 5.92 Å². The minimum absolute atomic E-state index is 0.0134. The second kappa shape index (κ2) is 9.23. The van der Waals surface area contributed by atoms with Crippen LogP contribution in [0.15, 0.2) is 49.1 Å². The third-order valence-electron chi connectivity index (χ3n) is 6.19. The lowest BCUT2D eigenvalue weighted by molar-refractivity contribution is -0.385. The summed E-state index contributed by atoms with van der Waals surface area (Å²) in [6, 6.07) is 12.0. The highest BCUT2D eigenvalue weighted by atomic mass is 16.6. The first-order valence-electron chi connectivity index (χ1n) is 10.3. The number of likely N-dealkylation sites (tertiary alicyclic amines) is 1. The quantitative estimate of drug-likeness (QED) is 0.401. The Morgan fingerprint density at radius 2 is 1.90 bits per heavy atom. The molecule has 3 rings (SSSR count). The average molecular weight is 395 g/mol. The van der Waals surface area contributed by atoms with Crippen LogP contribution < -0.4 is 0 Å². The monoisotopic (exact) mass is 394 g/mol. The fourth-order valence-corrected chi connectivity index (χ4v) is 4.27. The van der Waals surface area contributed by atoms with Gasteiger partial charge in [0.2, 0.25) is 0 Å². The summed E-state index contributed by atoms with van der Waals surface area (Å²) in [4.78, 5) is 13.4. The number of aromatic hydroxyl groups is 1. The number of nitro benzene ring substituents is 1. The maximum atomic E-state index is 11.3. The van der Waals surface area contributed by atoms with E-state index in [1.807, 2.05) is 6.08 Å². The zero-order valence-electron chi connectivity index (χ0n) is 17.3. The molecule has 0 radical (unpaired) electrons. The molecule has 2 aromatic carbocycles. The topological polar surface area (TPSA) is 66.6 Å². The van der Waals surface area contributed by atoms with E-state index in [0.717, 1.165) is 44.5 Å². The molecule has 0 bridgehead atoms. The molecule has 0 spiro atoms. The maximum absolute atomic E-state index is 11.3. The van der Waals surface area contributed by atoms with Crippen molar-refractivity contribution in [3.63, 3.8) is 0 Å². The Bertz CT molecular complexity index is 868. The maximum Gasteiger partial charge on any atom is 0.276 e. The first kappa shape index (κ1) is 21.1.